The van der Waals surface area contributed by atoms with Crippen molar-refractivity contribution in [2.24, 2.45) is 0 Å². The molecule has 1 aromatic carbocycles. The van der Waals surface area contributed by atoms with E-state index in [1.807, 2.05) is 0 Å². The van der Waals surface area contributed by atoms with Crippen molar-refractivity contribution < 1.29 is 4.74 Å². The van der Waals surface area contributed by atoms with Gasteiger partial charge in [-0.05, 0) is 23.6 Å². The predicted octanol–water partition coefficient (Wildman–Crippen LogP) is 5.29. The molecule has 110 valence electrons. The summed E-state index contributed by atoms with van der Waals surface area (Å²) in [5.74, 6) is 0. The maximum atomic E-state index is 5.20. The van der Waals surface area contributed by atoms with Crippen LogP contribution in [0.1, 0.15) is 4.88 Å². The van der Waals surface area contributed by atoms with Crippen LogP contribution in [-0.2, 0) is 11.3 Å². The van der Waals surface area contributed by atoms with Crippen LogP contribution in [0.25, 0.3) is 31.9 Å². The zero-order valence-electron chi connectivity index (χ0n) is 11.8. The molecule has 4 rings (SSSR count). The van der Waals surface area contributed by atoms with Gasteiger partial charge in [-0.1, -0.05) is 18.2 Å². The van der Waals surface area contributed by atoms with Crippen LogP contribution < -0.4 is 0 Å². The molecule has 0 saturated carbocycles. The molecule has 3 nitrogen and oxygen atoms in total. The van der Waals surface area contributed by atoms with Gasteiger partial charge in [-0.2, -0.15) is 8.75 Å². The van der Waals surface area contributed by atoms with Crippen LogP contribution in [0.2, 0.25) is 0 Å². The minimum absolute atomic E-state index is 0.649. The van der Waals surface area contributed by atoms with Crippen LogP contribution in [-0.4, -0.2) is 15.9 Å². The second-order valence-electron chi connectivity index (χ2n) is 4.80. The zero-order chi connectivity index (χ0) is 14.9. The lowest BCUT2D eigenvalue weighted by Gasteiger charge is -2.03. The van der Waals surface area contributed by atoms with Crippen molar-refractivity contribution in [2.75, 3.05) is 7.11 Å². The predicted molar refractivity (Wildman–Crippen MR) is 94.8 cm³/mol. The van der Waals surface area contributed by atoms with Gasteiger partial charge in [0.2, 0.25) is 0 Å². The molecule has 3 heterocycles. The molecule has 0 saturated heterocycles. The monoisotopic (exact) mass is 344 g/mol. The number of ether oxygens (including phenoxy) is 1. The number of hydrogen-bond donors (Lipinski definition) is 0. The largest absolute Gasteiger partial charge is 0.379 e. The number of thiophene rings is 2. The van der Waals surface area contributed by atoms with Crippen LogP contribution in [0.4, 0.5) is 0 Å². The minimum atomic E-state index is 0.649. The van der Waals surface area contributed by atoms with Crippen molar-refractivity contribution in [2.45, 2.75) is 6.61 Å². The van der Waals surface area contributed by atoms with Gasteiger partial charge in [-0.25, -0.2) is 0 Å². The molecule has 22 heavy (non-hydrogen) atoms. The van der Waals surface area contributed by atoms with E-state index in [1.165, 1.54) is 26.4 Å². The number of fused-ring (bicyclic) bond motifs is 1. The number of hydrogen-bond acceptors (Lipinski definition) is 6. The molecule has 0 atom stereocenters. The van der Waals surface area contributed by atoms with Crippen LogP contribution >= 0.6 is 34.4 Å². The third-order valence-electron chi connectivity index (χ3n) is 3.42. The van der Waals surface area contributed by atoms with Gasteiger partial charge in [-0.3, -0.25) is 0 Å². The van der Waals surface area contributed by atoms with Gasteiger partial charge in [0.25, 0.3) is 0 Å². The van der Waals surface area contributed by atoms with Gasteiger partial charge < -0.3 is 4.74 Å². The van der Waals surface area contributed by atoms with Gasteiger partial charge in [0.05, 0.1) is 18.3 Å². The topological polar surface area (TPSA) is 35.0 Å². The fourth-order valence-electron chi connectivity index (χ4n) is 2.44. The molecule has 3 aromatic heterocycles. The Kier molecular flexibility index (Phi) is 3.75. The van der Waals surface area contributed by atoms with Crippen molar-refractivity contribution in [3.8, 4) is 20.9 Å². The normalized spacial score (nSPS) is 11.3. The van der Waals surface area contributed by atoms with E-state index < -0.39 is 0 Å². The van der Waals surface area contributed by atoms with Gasteiger partial charge in [0.1, 0.15) is 11.0 Å². The average molecular weight is 344 g/mol. The van der Waals surface area contributed by atoms with Gasteiger partial charge in [0, 0.05) is 32.9 Å². The highest BCUT2D eigenvalue weighted by Crippen LogP contribution is 2.38. The highest BCUT2D eigenvalue weighted by molar-refractivity contribution is 7.15. The van der Waals surface area contributed by atoms with Crippen molar-refractivity contribution in [3.63, 3.8) is 0 Å². The fraction of sp³-hybridized carbons (Fsp3) is 0.125. The highest BCUT2D eigenvalue weighted by Gasteiger charge is 2.15. The molecular formula is C16H12N2OS3. The summed E-state index contributed by atoms with van der Waals surface area (Å²) < 4.78 is 14.3. The summed E-state index contributed by atoms with van der Waals surface area (Å²) in [6, 6.07) is 12.7. The van der Waals surface area contributed by atoms with E-state index in [-0.39, 0.29) is 0 Å². The summed E-state index contributed by atoms with van der Waals surface area (Å²) in [6.07, 6.45) is 0. The van der Waals surface area contributed by atoms with Crippen LogP contribution in [0.5, 0.6) is 0 Å². The fourth-order valence-corrected chi connectivity index (χ4v) is 4.77. The molecule has 0 fully saturated rings. The summed E-state index contributed by atoms with van der Waals surface area (Å²) in [5.41, 5.74) is 4.29. The molecule has 0 spiro atoms. The number of methoxy groups -OCH3 is 1. The second kappa shape index (κ2) is 5.89. The van der Waals surface area contributed by atoms with Gasteiger partial charge in [0.15, 0.2) is 0 Å². The Bertz CT molecular complexity index is 909. The Labute approximate surface area is 140 Å². The molecule has 0 unspecified atom stereocenters. The molecule has 0 aliphatic heterocycles. The van der Waals surface area contributed by atoms with Gasteiger partial charge >= 0.3 is 0 Å². The van der Waals surface area contributed by atoms with E-state index in [1.54, 1.807) is 29.8 Å². The standard InChI is InChI=1S/C16H12N2OS3/c1-19-9-10-4-7-14(21-10)12-6-5-11(13-3-2-8-20-13)15-16(12)18-22-17-15/h2-8H,9H2,1H3. The lowest BCUT2D eigenvalue weighted by molar-refractivity contribution is 0.187. The summed E-state index contributed by atoms with van der Waals surface area (Å²) in [7, 11) is 1.72. The maximum Gasteiger partial charge on any atom is 0.114 e. The van der Waals surface area contributed by atoms with E-state index in [9.17, 15) is 0 Å². The van der Waals surface area contributed by atoms with E-state index in [2.05, 4.69) is 50.5 Å². The van der Waals surface area contributed by atoms with Crippen molar-refractivity contribution in [1.82, 2.24) is 8.75 Å². The third-order valence-corrected chi connectivity index (χ3v) is 5.94. The van der Waals surface area contributed by atoms with E-state index in [0.29, 0.717) is 6.61 Å². The molecule has 0 radical (unpaired) electrons. The average Bonchev–Trinajstić information content (AvgIpc) is 3.28. The van der Waals surface area contributed by atoms with Crippen molar-refractivity contribution in [1.29, 1.82) is 0 Å². The first-order valence-corrected chi connectivity index (χ1v) is 9.16. The molecule has 0 bridgehead atoms. The Morgan fingerprint density at radius 1 is 0.955 bits per heavy atom. The Hall–Kier alpha value is -1.60. The van der Waals surface area contributed by atoms with E-state index in [0.717, 1.165) is 22.2 Å². The number of rotatable bonds is 4. The minimum Gasteiger partial charge on any atom is -0.379 e. The van der Waals surface area contributed by atoms with Crippen LogP contribution in [0.15, 0.2) is 41.8 Å². The first-order valence-electron chi connectivity index (χ1n) is 6.74. The van der Waals surface area contributed by atoms with Crippen LogP contribution in [0, 0.1) is 0 Å². The quantitative estimate of drug-likeness (QED) is 0.504. The maximum absolute atomic E-state index is 5.20. The number of benzene rings is 1. The first kappa shape index (κ1) is 14.0. The van der Waals surface area contributed by atoms with Crippen molar-refractivity contribution in [3.05, 3.63) is 46.7 Å². The molecule has 0 N–H and O–H groups in total. The molecule has 6 heteroatoms. The highest BCUT2D eigenvalue weighted by atomic mass is 32.1. The number of nitrogens with zero attached hydrogens (tertiary/aromatic N) is 2. The van der Waals surface area contributed by atoms with E-state index in [4.69, 9.17) is 4.74 Å². The molecule has 0 amide bonds. The molecule has 4 aromatic rings. The SMILES string of the molecule is COCc1ccc(-c2ccc(-c3cccs3)c3nsnc23)s1. The molecule has 0 aliphatic carbocycles. The lowest BCUT2D eigenvalue weighted by atomic mass is 10.1. The van der Waals surface area contributed by atoms with Crippen molar-refractivity contribution >= 4 is 45.4 Å². The summed E-state index contributed by atoms with van der Waals surface area (Å²) in [6.45, 7) is 0.649. The molecular weight excluding hydrogens is 332 g/mol. The third kappa shape index (κ3) is 2.38. The Morgan fingerprint density at radius 2 is 1.73 bits per heavy atom. The summed E-state index contributed by atoms with van der Waals surface area (Å²) in [4.78, 5) is 3.66. The lowest BCUT2D eigenvalue weighted by Crippen LogP contribution is -1.82. The zero-order valence-corrected chi connectivity index (χ0v) is 14.2. The van der Waals surface area contributed by atoms with Crippen LogP contribution in [0.3, 0.4) is 0 Å². The van der Waals surface area contributed by atoms with E-state index >= 15 is 0 Å². The second-order valence-corrected chi connectivity index (χ2v) is 7.44. The summed E-state index contributed by atoms with van der Waals surface area (Å²) in [5, 5.41) is 2.09. The first-order chi connectivity index (χ1) is 10.9. The molecule has 0 aliphatic rings. The summed E-state index contributed by atoms with van der Waals surface area (Å²) >= 11 is 4.75. The Balaban J connectivity index is 1.86. The smallest absolute Gasteiger partial charge is 0.114 e. The van der Waals surface area contributed by atoms with Gasteiger partial charge in [-0.15, -0.1) is 22.7 Å². The Morgan fingerprint density at radius 3 is 2.41 bits per heavy atom. The number of aromatic nitrogens is 2.